The summed E-state index contributed by atoms with van der Waals surface area (Å²) in [7, 11) is 0. The monoisotopic (exact) mass is 344 g/mol. The van der Waals surface area contributed by atoms with Crippen LogP contribution in [0.15, 0.2) is 36.0 Å². The van der Waals surface area contributed by atoms with Gasteiger partial charge in [0, 0.05) is 48.7 Å². The molecule has 6 nitrogen and oxygen atoms in total. The molecule has 3 atom stereocenters. The lowest BCUT2D eigenvalue weighted by Gasteiger charge is -2.20. The van der Waals surface area contributed by atoms with Gasteiger partial charge in [0.15, 0.2) is 0 Å². The molecule has 24 heavy (non-hydrogen) atoms. The van der Waals surface area contributed by atoms with Gasteiger partial charge in [0.1, 0.15) is 0 Å². The van der Waals surface area contributed by atoms with Crippen molar-refractivity contribution in [3.05, 3.63) is 40.8 Å². The fraction of sp³-hybridized carbons (Fsp3) is 0.471. The molecule has 4 heterocycles. The normalized spacial score (nSPS) is 25.7. The molecule has 0 saturated carbocycles. The molecule has 0 unspecified atom stereocenters. The number of nitrogens with one attached hydrogen (secondary N) is 1. The molecule has 1 amide bonds. The Labute approximate surface area is 144 Å². The molecule has 2 aromatic heterocycles. The van der Waals surface area contributed by atoms with E-state index in [1.807, 2.05) is 22.4 Å². The number of rotatable bonds is 5. The summed E-state index contributed by atoms with van der Waals surface area (Å²) >= 11 is 1.64. The highest BCUT2D eigenvalue weighted by atomic mass is 32.1. The summed E-state index contributed by atoms with van der Waals surface area (Å²) in [5, 5.41) is 5.29. The minimum absolute atomic E-state index is 0.167. The second kappa shape index (κ2) is 6.86. The average molecular weight is 344 g/mol. The third kappa shape index (κ3) is 3.27. The summed E-state index contributed by atoms with van der Waals surface area (Å²) in [6.07, 6.45) is 4.12. The van der Waals surface area contributed by atoms with Crippen molar-refractivity contribution in [3.8, 4) is 0 Å². The number of hydrogen-bond acceptors (Lipinski definition) is 6. The van der Waals surface area contributed by atoms with Crippen LogP contribution in [0, 0.1) is 11.8 Å². The van der Waals surface area contributed by atoms with E-state index in [9.17, 15) is 4.79 Å². The molecular formula is C17H20N4O2S. The van der Waals surface area contributed by atoms with Crippen LogP contribution in [0.4, 0.5) is 5.95 Å². The van der Waals surface area contributed by atoms with Gasteiger partial charge in [-0.2, -0.15) is 0 Å². The first-order chi connectivity index (χ1) is 11.8. The predicted octanol–water partition coefficient (Wildman–Crippen LogP) is 1.67. The Balaban J connectivity index is 1.32. The number of ether oxygens (including phenoxy) is 1. The van der Waals surface area contributed by atoms with Gasteiger partial charge < -0.3 is 15.0 Å². The number of aromatic nitrogens is 2. The number of anilines is 1. The molecule has 2 aliphatic rings. The van der Waals surface area contributed by atoms with E-state index in [4.69, 9.17) is 4.74 Å². The Morgan fingerprint density at radius 1 is 1.33 bits per heavy atom. The van der Waals surface area contributed by atoms with Crippen LogP contribution in [0.5, 0.6) is 0 Å². The molecule has 2 fully saturated rings. The van der Waals surface area contributed by atoms with Gasteiger partial charge in [-0.3, -0.25) is 4.79 Å². The lowest BCUT2D eigenvalue weighted by Crippen LogP contribution is -2.33. The van der Waals surface area contributed by atoms with Crippen molar-refractivity contribution < 1.29 is 9.53 Å². The summed E-state index contributed by atoms with van der Waals surface area (Å²) in [6, 6.07) is 5.80. The molecule has 2 saturated heterocycles. The Hall–Kier alpha value is -1.99. The van der Waals surface area contributed by atoms with Crippen molar-refractivity contribution in [2.45, 2.75) is 12.5 Å². The van der Waals surface area contributed by atoms with E-state index in [-0.39, 0.29) is 12.0 Å². The van der Waals surface area contributed by atoms with Gasteiger partial charge in [0.05, 0.1) is 19.1 Å². The van der Waals surface area contributed by atoms with Gasteiger partial charge in [0.2, 0.25) is 11.9 Å². The third-order valence-electron chi connectivity index (χ3n) is 4.79. The lowest BCUT2D eigenvalue weighted by molar-refractivity contribution is -0.130. The van der Waals surface area contributed by atoms with Crippen molar-refractivity contribution in [1.82, 2.24) is 14.9 Å². The Bertz CT molecular complexity index is 679. The summed E-state index contributed by atoms with van der Waals surface area (Å²) in [5.74, 6) is 1.63. The first kappa shape index (κ1) is 15.5. The number of fused-ring (bicyclic) bond motifs is 1. The lowest BCUT2D eigenvalue weighted by atomic mass is 9.93. The highest BCUT2D eigenvalue weighted by Gasteiger charge is 2.44. The van der Waals surface area contributed by atoms with Crippen molar-refractivity contribution >= 4 is 23.2 Å². The smallest absolute Gasteiger partial charge is 0.227 e. The van der Waals surface area contributed by atoms with E-state index in [0.717, 1.165) is 24.6 Å². The molecule has 1 N–H and O–H groups in total. The second-order valence-corrected chi connectivity index (χ2v) is 7.34. The molecule has 7 heteroatoms. The van der Waals surface area contributed by atoms with E-state index < -0.39 is 0 Å². The Morgan fingerprint density at radius 3 is 3.00 bits per heavy atom. The standard InChI is InChI=1S/C17H20N4O2S/c22-16(7-13-3-1-6-24-13)21-9-14-12(11-23-15(14)10-21)8-20-17-18-4-2-5-19-17/h1-6,12,14-15H,7-11H2,(H,18,19,20)/t12-,14+,15+/m1/s1. The van der Waals surface area contributed by atoms with Gasteiger partial charge in [-0.25, -0.2) is 9.97 Å². The number of amides is 1. The first-order valence-electron chi connectivity index (χ1n) is 8.22. The number of likely N-dealkylation sites (tertiary alicyclic amines) is 1. The highest BCUT2D eigenvalue weighted by molar-refractivity contribution is 7.10. The van der Waals surface area contributed by atoms with Crippen molar-refractivity contribution in [2.24, 2.45) is 11.8 Å². The third-order valence-corrected chi connectivity index (χ3v) is 5.66. The topological polar surface area (TPSA) is 67.4 Å². The predicted molar refractivity (Wildman–Crippen MR) is 91.8 cm³/mol. The molecule has 4 rings (SSSR count). The van der Waals surface area contributed by atoms with Gasteiger partial charge in [-0.1, -0.05) is 6.07 Å². The average Bonchev–Trinajstić information content (AvgIpc) is 3.31. The highest BCUT2D eigenvalue weighted by Crippen LogP contribution is 2.34. The van der Waals surface area contributed by atoms with Crippen molar-refractivity contribution in [3.63, 3.8) is 0 Å². The van der Waals surface area contributed by atoms with Crippen molar-refractivity contribution in [2.75, 3.05) is 31.6 Å². The molecule has 126 valence electrons. The zero-order chi connectivity index (χ0) is 16.4. The zero-order valence-corrected chi connectivity index (χ0v) is 14.1. The molecule has 0 radical (unpaired) electrons. The van der Waals surface area contributed by atoms with Gasteiger partial charge in [-0.15, -0.1) is 11.3 Å². The Kier molecular flexibility index (Phi) is 4.44. The van der Waals surface area contributed by atoms with Crippen LogP contribution in [0.3, 0.4) is 0 Å². The van der Waals surface area contributed by atoms with Crippen LogP contribution < -0.4 is 5.32 Å². The number of nitrogens with zero attached hydrogens (tertiary/aromatic N) is 3. The molecule has 2 aromatic rings. The maximum absolute atomic E-state index is 12.5. The summed E-state index contributed by atoms with van der Waals surface area (Å²) in [4.78, 5) is 23.9. The summed E-state index contributed by atoms with van der Waals surface area (Å²) < 4.78 is 5.92. The minimum Gasteiger partial charge on any atom is -0.376 e. The summed E-state index contributed by atoms with van der Waals surface area (Å²) in [6.45, 7) is 3.02. The maximum Gasteiger partial charge on any atom is 0.227 e. The van der Waals surface area contributed by atoms with E-state index in [0.29, 0.717) is 30.7 Å². The fourth-order valence-corrected chi connectivity index (χ4v) is 4.20. The van der Waals surface area contributed by atoms with Crippen LogP contribution in [0.25, 0.3) is 0 Å². The number of carbonyl (C=O) groups excluding carboxylic acids is 1. The number of carbonyl (C=O) groups is 1. The van der Waals surface area contributed by atoms with Crippen LogP contribution in [0.2, 0.25) is 0 Å². The number of hydrogen-bond donors (Lipinski definition) is 1. The SMILES string of the molecule is O=C(Cc1cccs1)N1C[C@H]2[C@H](CNc3ncccn3)CO[C@H]2C1. The number of thiophene rings is 1. The minimum atomic E-state index is 0.167. The van der Waals surface area contributed by atoms with Crippen LogP contribution in [-0.4, -0.2) is 53.1 Å². The second-order valence-electron chi connectivity index (χ2n) is 6.30. The molecule has 0 spiro atoms. The van der Waals surface area contributed by atoms with Gasteiger partial charge in [0.25, 0.3) is 0 Å². The van der Waals surface area contributed by atoms with E-state index in [1.165, 1.54) is 0 Å². The van der Waals surface area contributed by atoms with E-state index in [2.05, 4.69) is 15.3 Å². The summed E-state index contributed by atoms with van der Waals surface area (Å²) in [5.41, 5.74) is 0. The molecular weight excluding hydrogens is 324 g/mol. The maximum atomic E-state index is 12.5. The first-order valence-corrected chi connectivity index (χ1v) is 9.10. The van der Waals surface area contributed by atoms with Crippen LogP contribution in [0.1, 0.15) is 4.88 Å². The molecule has 0 aliphatic carbocycles. The Morgan fingerprint density at radius 2 is 2.21 bits per heavy atom. The van der Waals surface area contributed by atoms with Crippen LogP contribution >= 0.6 is 11.3 Å². The molecule has 0 bridgehead atoms. The van der Waals surface area contributed by atoms with Crippen LogP contribution in [-0.2, 0) is 16.0 Å². The quantitative estimate of drug-likeness (QED) is 0.894. The van der Waals surface area contributed by atoms with Gasteiger partial charge >= 0.3 is 0 Å². The molecule has 0 aromatic carbocycles. The zero-order valence-electron chi connectivity index (χ0n) is 13.3. The van der Waals surface area contributed by atoms with Gasteiger partial charge in [-0.05, 0) is 17.5 Å². The fourth-order valence-electron chi connectivity index (χ4n) is 3.50. The largest absolute Gasteiger partial charge is 0.376 e. The molecule has 2 aliphatic heterocycles. The van der Waals surface area contributed by atoms with E-state index >= 15 is 0 Å². The van der Waals surface area contributed by atoms with Crippen molar-refractivity contribution in [1.29, 1.82) is 0 Å². The van der Waals surface area contributed by atoms with E-state index in [1.54, 1.807) is 29.8 Å².